The monoisotopic (exact) mass is 533 g/mol. The Balaban J connectivity index is 1.14. The molecule has 4 heterocycles. The van der Waals surface area contributed by atoms with Gasteiger partial charge in [-0.25, -0.2) is 4.52 Å². The van der Waals surface area contributed by atoms with E-state index in [0.29, 0.717) is 17.5 Å². The van der Waals surface area contributed by atoms with Gasteiger partial charge in [-0.05, 0) is 49.0 Å². The van der Waals surface area contributed by atoms with E-state index < -0.39 is 10.6 Å². The predicted molar refractivity (Wildman–Crippen MR) is 156 cm³/mol. The fourth-order valence-electron chi connectivity index (χ4n) is 5.09. The molecule has 2 fully saturated rings. The van der Waals surface area contributed by atoms with E-state index in [4.69, 9.17) is 10.1 Å². The lowest BCUT2D eigenvalue weighted by atomic mass is 10.1. The van der Waals surface area contributed by atoms with Crippen molar-refractivity contribution < 1.29 is 9.11 Å². The molecule has 6 rings (SSSR count). The Labute approximate surface area is 225 Å². The Kier molecular flexibility index (Phi) is 6.98. The maximum Gasteiger partial charge on any atom is 0.247 e. The molecule has 0 aliphatic carbocycles. The molecule has 2 saturated heterocycles. The van der Waals surface area contributed by atoms with Gasteiger partial charge in [-0.15, -0.1) is 5.10 Å². The average Bonchev–Trinajstić information content (AvgIpc) is 3.34. The molecule has 0 saturated carbocycles. The number of pyridine rings is 1. The summed E-state index contributed by atoms with van der Waals surface area (Å²) in [4.78, 5) is 11.8. The van der Waals surface area contributed by atoms with Crippen molar-refractivity contribution in [3.8, 4) is 11.3 Å². The summed E-state index contributed by atoms with van der Waals surface area (Å²) in [6, 6.07) is 23.0. The van der Waals surface area contributed by atoms with Crippen LogP contribution in [0.3, 0.4) is 0 Å². The summed E-state index contributed by atoms with van der Waals surface area (Å²) < 4.78 is 21.6. The third kappa shape index (κ3) is 5.64. The van der Waals surface area contributed by atoms with Crippen LogP contribution >= 0.6 is 10.6 Å². The van der Waals surface area contributed by atoms with E-state index >= 15 is 0 Å². The van der Waals surface area contributed by atoms with Crippen molar-refractivity contribution in [3.05, 3.63) is 72.3 Å². The van der Waals surface area contributed by atoms with Crippen LogP contribution in [0.25, 0.3) is 16.9 Å². The first-order chi connectivity index (χ1) is 18.4. The van der Waals surface area contributed by atoms with Crippen LogP contribution < -0.4 is 10.2 Å². The highest BCUT2D eigenvalue weighted by Crippen LogP contribution is 2.40. The van der Waals surface area contributed by atoms with Crippen molar-refractivity contribution in [3.63, 3.8) is 0 Å². The number of fused-ring (bicyclic) bond motifs is 1. The van der Waals surface area contributed by atoms with Gasteiger partial charge < -0.3 is 15.1 Å². The summed E-state index contributed by atoms with van der Waals surface area (Å²) in [7, 11) is -0.193. The second-order valence-electron chi connectivity index (χ2n) is 10.3. The van der Waals surface area contributed by atoms with E-state index in [1.807, 2.05) is 16.6 Å². The van der Waals surface area contributed by atoms with Crippen LogP contribution in [-0.4, -0.2) is 91.3 Å². The predicted octanol–water partition coefficient (Wildman–Crippen LogP) is 4.46. The summed E-state index contributed by atoms with van der Waals surface area (Å²) in [5, 5.41) is 8.12. The van der Waals surface area contributed by atoms with Crippen molar-refractivity contribution in [2.24, 2.45) is 0 Å². The van der Waals surface area contributed by atoms with Crippen LogP contribution in [-0.2, 0) is 6.54 Å². The van der Waals surface area contributed by atoms with E-state index in [1.54, 1.807) is 0 Å². The molecule has 10 heteroatoms. The zero-order chi connectivity index (χ0) is 26.1. The van der Waals surface area contributed by atoms with E-state index in [1.165, 1.54) is 11.3 Å². The first-order valence-electron chi connectivity index (χ1n) is 13.1. The van der Waals surface area contributed by atoms with Gasteiger partial charge in [0.15, 0.2) is 5.65 Å². The topological polar surface area (TPSA) is 92.4 Å². The molecule has 9 nitrogen and oxygen atoms in total. The number of anilines is 3. The second-order valence-corrected chi connectivity index (χ2v) is 12.7. The van der Waals surface area contributed by atoms with Gasteiger partial charge >= 0.3 is 0 Å². The van der Waals surface area contributed by atoms with E-state index in [2.05, 4.69) is 81.7 Å². The molecule has 4 aromatic rings. The van der Waals surface area contributed by atoms with Crippen LogP contribution in [0.2, 0.25) is 0 Å². The molecule has 2 aromatic carbocycles. The number of likely N-dealkylation sites (N-methyl/N-ethyl adjacent to an activating group) is 1. The molecule has 0 radical (unpaired) electrons. The summed E-state index contributed by atoms with van der Waals surface area (Å²) in [5.41, 5.74) is 6.25. The van der Waals surface area contributed by atoms with Gasteiger partial charge in [-0.1, -0.05) is 30.3 Å². The summed E-state index contributed by atoms with van der Waals surface area (Å²) >= 11 is 0. The Morgan fingerprint density at radius 3 is 2.26 bits per heavy atom. The molecule has 0 atom stereocenters. The molecule has 0 unspecified atom stereocenters. The van der Waals surface area contributed by atoms with Gasteiger partial charge in [0.1, 0.15) is 0 Å². The van der Waals surface area contributed by atoms with Crippen molar-refractivity contribution in [2.75, 3.05) is 68.0 Å². The number of piperazine rings is 1. The quantitative estimate of drug-likeness (QED) is 0.335. The molecule has 2 aromatic heterocycles. The van der Waals surface area contributed by atoms with Crippen LogP contribution in [0.4, 0.5) is 17.3 Å². The van der Waals surface area contributed by atoms with Crippen LogP contribution in [0, 0.1) is 0 Å². The molecular formula is C28H35N7O2S. The highest BCUT2D eigenvalue weighted by atomic mass is 32.3. The highest BCUT2D eigenvalue weighted by molar-refractivity contribution is 8.24. The Bertz CT molecular complexity index is 1370. The molecule has 0 amide bonds. The second kappa shape index (κ2) is 10.5. The Morgan fingerprint density at radius 2 is 1.55 bits per heavy atom. The lowest BCUT2D eigenvalue weighted by molar-refractivity contribution is 0.278. The standard InChI is InChI=1S/C28H35N7O2S/c1-32-13-15-34(16-14-32)25-11-9-24(10-12-25)29-28-30-27-4-2-3-26(35(27)31-28)23-7-5-22(6-8-23)21-33-17-19-38(36,37)20-18-33/h2-12,36-37H,13-21H2,1H3,(H,29,31). The lowest BCUT2D eigenvalue weighted by Gasteiger charge is -2.41. The molecule has 200 valence electrons. The van der Waals surface area contributed by atoms with E-state index in [9.17, 15) is 9.11 Å². The number of aromatic nitrogens is 3. The third-order valence-corrected chi connectivity index (χ3v) is 9.15. The van der Waals surface area contributed by atoms with Gasteiger partial charge in [0.25, 0.3) is 0 Å². The first kappa shape index (κ1) is 25.1. The molecule has 38 heavy (non-hydrogen) atoms. The molecule has 0 bridgehead atoms. The fourth-order valence-corrected chi connectivity index (χ4v) is 6.39. The van der Waals surface area contributed by atoms with Gasteiger partial charge in [0.2, 0.25) is 5.95 Å². The van der Waals surface area contributed by atoms with E-state index in [-0.39, 0.29) is 0 Å². The molecule has 0 spiro atoms. The van der Waals surface area contributed by atoms with Gasteiger partial charge in [-0.3, -0.25) is 14.0 Å². The third-order valence-electron chi connectivity index (χ3n) is 7.48. The Hall–Kier alpha value is -3.15. The summed E-state index contributed by atoms with van der Waals surface area (Å²) in [6.07, 6.45) is 0. The minimum atomic E-state index is -2.36. The lowest BCUT2D eigenvalue weighted by Crippen LogP contribution is -2.44. The maximum atomic E-state index is 9.85. The van der Waals surface area contributed by atoms with Crippen LogP contribution in [0.15, 0.2) is 66.7 Å². The number of rotatable bonds is 6. The molecule has 2 aliphatic rings. The zero-order valence-corrected chi connectivity index (χ0v) is 22.5. The van der Waals surface area contributed by atoms with Gasteiger partial charge in [0, 0.05) is 62.8 Å². The van der Waals surface area contributed by atoms with Crippen molar-refractivity contribution in [1.29, 1.82) is 0 Å². The minimum Gasteiger partial charge on any atom is -0.369 e. The van der Waals surface area contributed by atoms with Crippen LogP contribution in [0.1, 0.15) is 5.56 Å². The van der Waals surface area contributed by atoms with Gasteiger partial charge in [-0.2, -0.15) is 15.6 Å². The van der Waals surface area contributed by atoms with Crippen molar-refractivity contribution in [1.82, 2.24) is 24.4 Å². The number of hydrogen-bond acceptors (Lipinski definition) is 8. The van der Waals surface area contributed by atoms with Crippen molar-refractivity contribution >= 4 is 33.6 Å². The Morgan fingerprint density at radius 1 is 0.842 bits per heavy atom. The molecule has 2 aliphatic heterocycles. The number of hydrogen-bond donors (Lipinski definition) is 3. The van der Waals surface area contributed by atoms with E-state index in [0.717, 1.165) is 68.4 Å². The number of nitrogens with zero attached hydrogens (tertiary/aromatic N) is 6. The normalized spacial score (nSPS) is 19.5. The highest BCUT2D eigenvalue weighted by Gasteiger charge is 2.22. The molecule has 3 N–H and O–H groups in total. The van der Waals surface area contributed by atoms with Crippen molar-refractivity contribution in [2.45, 2.75) is 6.54 Å². The summed E-state index contributed by atoms with van der Waals surface area (Å²) in [6.45, 7) is 6.53. The SMILES string of the molecule is CN1CCN(c2ccc(Nc3nc4cccc(-c5ccc(CN6CCS(O)(O)CC6)cc5)n4n3)cc2)CC1. The van der Waals surface area contributed by atoms with Crippen LogP contribution in [0.5, 0.6) is 0 Å². The number of nitrogens with one attached hydrogen (secondary N) is 1. The minimum absolute atomic E-state index is 0.468. The smallest absolute Gasteiger partial charge is 0.247 e. The maximum absolute atomic E-state index is 9.85. The van der Waals surface area contributed by atoms with Gasteiger partial charge in [0.05, 0.1) is 17.2 Å². The summed E-state index contributed by atoms with van der Waals surface area (Å²) in [5.74, 6) is 1.50. The fraction of sp³-hybridized carbons (Fsp3) is 0.357. The largest absolute Gasteiger partial charge is 0.369 e. The number of benzene rings is 2. The zero-order valence-electron chi connectivity index (χ0n) is 21.7. The average molecular weight is 534 g/mol. The molecular weight excluding hydrogens is 498 g/mol. The first-order valence-corrected chi connectivity index (χ1v) is 15.0.